The summed E-state index contributed by atoms with van der Waals surface area (Å²) in [4.78, 5) is 31.1. The highest BCUT2D eigenvalue weighted by atomic mass is 32.1. The first-order valence-corrected chi connectivity index (χ1v) is 8.65. The summed E-state index contributed by atoms with van der Waals surface area (Å²) in [6.07, 6.45) is 2.28. The number of para-hydroxylation sites is 1. The molecule has 0 saturated carbocycles. The van der Waals surface area contributed by atoms with Crippen molar-refractivity contribution in [1.82, 2.24) is 9.55 Å². The summed E-state index contributed by atoms with van der Waals surface area (Å²) >= 11 is 1.50. The molecule has 0 atom stereocenters. The van der Waals surface area contributed by atoms with E-state index in [-0.39, 0.29) is 18.0 Å². The number of thiophene rings is 1. The fraction of sp³-hybridized carbons (Fsp3) is 0.278. The fourth-order valence-corrected chi connectivity index (χ4v) is 3.67. The summed E-state index contributed by atoms with van der Waals surface area (Å²) in [5.74, 6) is -0.233. The van der Waals surface area contributed by atoms with Crippen LogP contribution in [-0.4, -0.2) is 15.5 Å². The van der Waals surface area contributed by atoms with Gasteiger partial charge in [0, 0.05) is 10.6 Å². The molecule has 0 saturated heterocycles. The maximum Gasteiger partial charge on any atom is 0.262 e. The average Bonchev–Trinajstić information content (AvgIpc) is 2.86. The van der Waals surface area contributed by atoms with E-state index >= 15 is 0 Å². The molecule has 1 amide bonds. The van der Waals surface area contributed by atoms with E-state index in [2.05, 4.69) is 10.3 Å². The van der Waals surface area contributed by atoms with Crippen LogP contribution < -0.4 is 10.9 Å². The highest BCUT2D eigenvalue weighted by Crippen LogP contribution is 2.25. The molecule has 124 valence electrons. The summed E-state index contributed by atoms with van der Waals surface area (Å²) in [5, 5.41) is 3.49. The Kier molecular flexibility index (Phi) is 4.49. The number of hydrogen-bond acceptors (Lipinski definition) is 4. The van der Waals surface area contributed by atoms with E-state index in [1.165, 1.54) is 22.2 Å². The van der Waals surface area contributed by atoms with Crippen molar-refractivity contribution < 1.29 is 4.79 Å². The lowest BCUT2D eigenvalue weighted by atomic mass is 10.1. The van der Waals surface area contributed by atoms with E-state index in [0.29, 0.717) is 5.39 Å². The third kappa shape index (κ3) is 2.97. The summed E-state index contributed by atoms with van der Waals surface area (Å²) in [7, 11) is 0. The maximum atomic E-state index is 12.6. The number of benzene rings is 1. The Morgan fingerprint density at radius 3 is 2.79 bits per heavy atom. The van der Waals surface area contributed by atoms with E-state index in [1.807, 2.05) is 45.0 Å². The second-order valence-corrected chi connectivity index (χ2v) is 6.90. The highest BCUT2D eigenvalue weighted by molar-refractivity contribution is 7.18. The quantitative estimate of drug-likeness (QED) is 0.792. The highest BCUT2D eigenvalue weighted by Gasteiger charge is 2.14. The molecule has 6 heteroatoms. The number of carbonyl (C=O) groups is 1. The molecule has 0 aliphatic rings. The van der Waals surface area contributed by atoms with Crippen LogP contribution in [0.15, 0.2) is 35.4 Å². The fourth-order valence-electron chi connectivity index (χ4n) is 2.68. The van der Waals surface area contributed by atoms with Crippen molar-refractivity contribution in [3.8, 4) is 0 Å². The lowest BCUT2D eigenvalue weighted by molar-refractivity contribution is -0.116. The summed E-state index contributed by atoms with van der Waals surface area (Å²) in [6.45, 7) is 5.88. The number of anilines is 1. The molecule has 0 fully saturated rings. The van der Waals surface area contributed by atoms with Gasteiger partial charge in [-0.15, -0.1) is 11.3 Å². The van der Waals surface area contributed by atoms with E-state index in [1.54, 1.807) is 0 Å². The van der Waals surface area contributed by atoms with Gasteiger partial charge in [0.15, 0.2) is 0 Å². The van der Waals surface area contributed by atoms with Gasteiger partial charge in [-0.1, -0.05) is 25.1 Å². The number of fused-ring (bicyclic) bond motifs is 1. The van der Waals surface area contributed by atoms with Gasteiger partial charge in [-0.3, -0.25) is 14.2 Å². The average molecular weight is 341 g/mol. The second-order valence-electron chi connectivity index (χ2n) is 5.70. The Balaban J connectivity index is 1.87. The predicted octanol–water partition coefficient (Wildman–Crippen LogP) is 3.28. The minimum atomic E-state index is -0.233. The number of nitrogens with one attached hydrogen (secondary N) is 1. The van der Waals surface area contributed by atoms with Gasteiger partial charge in [-0.2, -0.15) is 0 Å². The minimum absolute atomic E-state index is 0.0475. The van der Waals surface area contributed by atoms with Crippen LogP contribution in [-0.2, 0) is 17.8 Å². The molecule has 2 heterocycles. The number of rotatable bonds is 4. The summed E-state index contributed by atoms with van der Waals surface area (Å²) < 4.78 is 1.37. The van der Waals surface area contributed by atoms with Crippen molar-refractivity contribution in [3.63, 3.8) is 0 Å². The molecule has 0 aliphatic heterocycles. The lowest BCUT2D eigenvalue weighted by Crippen LogP contribution is -2.28. The van der Waals surface area contributed by atoms with Gasteiger partial charge < -0.3 is 5.32 Å². The van der Waals surface area contributed by atoms with E-state index in [0.717, 1.165) is 32.9 Å². The maximum absolute atomic E-state index is 12.6. The van der Waals surface area contributed by atoms with Crippen LogP contribution in [0, 0.1) is 13.8 Å². The van der Waals surface area contributed by atoms with E-state index in [4.69, 9.17) is 0 Å². The van der Waals surface area contributed by atoms with Crippen LogP contribution in [0.2, 0.25) is 0 Å². The van der Waals surface area contributed by atoms with Crippen LogP contribution in [0.4, 0.5) is 5.69 Å². The Hall–Kier alpha value is -2.47. The van der Waals surface area contributed by atoms with Crippen molar-refractivity contribution in [2.45, 2.75) is 33.7 Å². The summed E-state index contributed by atoms with van der Waals surface area (Å²) in [6, 6.07) is 7.67. The molecule has 0 aliphatic carbocycles. The Morgan fingerprint density at radius 1 is 1.29 bits per heavy atom. The Morgan fingerprint density at radius 2 is 2.04 bits per heavy atom. The van der Waals surface area contributed by atoms with Gasteiger partial charge in [0.1, 0.15) is 11.4 Å². The minimum Gasteiger partial charge on any atom is -0.324 e. The van der Waals surface area contributed by atoms with Crippen LogP contribution in [0.1, 0.15) is 22.9 Å². The van der Waals surface area contributed by atoms with E-state index in [9.17, 15) is 9.59 Å². The Bertz CT molecular complexity index is 972. The molecule has 5 nitrogen and oxygen atoms in total. The third-order valence-electron chi connectivity index (χ3n) is 4.14. The molecule has 0 unspecified atom stereocenters. The summed E-state index contributed by atoms with van der Waals surface area (Å²) in [5.41, 5.74) is 2.63. The lowest BCUT2D eigenvalue weighted by Gasteiger charge is -2.10. The van der Waals surface area contributed by atoms with Crippen LogP contribution in [0.3, 0.4) is 0 Å². The number of amides is 1. The molecule has 2 aromatic heterocycles. The molecule has 3 rings (SSSR count). The number of carbonyl (C=O) groups excluding carboxylic acids is 1. The monoisotopic (exact) mass is 341 g/mol. The van der Waals surface area contributed by atoms with Crippen molar-refractivity contribution in [1.29, 1.82) is 0 Å². The zero-order chi connectivity index (χ0) is 17.3. The van der Waals surface area contributed by atoms with Crippen molar-refractivity contribution in [3.05, 3.63) is 57.0 Å². The van der Waals surface area contributed by atoms with Gasteiger partial charge >= 0.3 is 0 Å². The van der Waals surface area contributed by atoms with Crippen LogP contribution >= 0.6 is 11.3 Å². The van der Waals surface area contributed by atoms with Gasteiger partial charge in [0.2, 0.25) is 5.91 Å². The van der Waals surface area contributed by atoms with Gasteiger partial charge in [0.25, 0.3) is 5.56 Å². The number of aryl methyl sites for hydroxylation is 3. The number of hydrogen-bond donors (Lipinski definition) is 1. The molecular formula is C18H19N3O2S. The van der Waals surface area contributed by atoms with Gasteiger partial charge in [-0.05, 0) is 37.5 Å². The topological polar surface area (TPSA) is 64.0 Å². The first kappa shape index (κ1) is 16.4. The largest absolute Gasteiger partial charge is 0.324 e. The van der Waals surface area contributed by atoms with Gasteiger partial charge in [0.05, 0.1) is 11.7 Å². The van der Waals surface area contributed by atoms with E-state index < -0.39 is 0 Å². The second kappa shape index (κ2) is 6.57. The molecule has 0 bridgehead atoms. The molecular weight excluding hydrogens is 322 g/mol. The first-order chi connectivity index (χ1) is 11.5. The standard InChI is InChI=1S/C18H19N3O2S/c1-4-13-7-5-6-8-14(13)20-15(22)9-21-10-19-17-16(18(21)23)11(2)12(3)24-17/h5-8,10H,4,9H2,1-3H3,(H,20,22). The Labute approximate surface area is 144 Å². The van der Waals surface area contributed by atoms with Gasteiger partial charge in [-0.25, -0.2) is 4.98 Å². The number of nitrogens with zero attached hydrogens (tertiary/aromatic N) is 2. The van der Waals surface area contributed by atoms with Crippen LogP contribution in [0.25, 0.3) is 10.2 Å². The molecule has 1 aromatic carbocycles. The van der Waals surface area contributed by atoms with Crippen molar-refractivity contribution >= 4 is 33.1 Å². The molecule has 0 spiro atoms. The first-order valence-electron chi connectivity index (χ1n) is 7.84. The van der Waals surface area contributed by atoms with Crippen molar-refractivity contribution in [2.75, 3.05) is 5.32 Å². The smallest absolute Gasteiger partial charge is 0.262 e. The van der Waals surface area contributed by atoms with Crippen molar-refractivity contribution in [2.24, 2.45) is 0 Å². The number of aromatic nitrogens is 2. The zero-order valence-electron chi connectivity index (χ0n) is 13.9. The van der Waals surface area contributed by atoms with Crippen LogP contribution in [0.5, 0.6) is 0 Å². The third-order valence-corrected chi connectivity index (χ3v) is 5.26. The molecule has 3 aromatic rings. The predicted molar refractivity (Wildman–Crippen MR) is 97.8 cm³/mol. The molecule has 1 N–H and O–H groups in total. The SMILES string of the molecule is CCc1ccccc1NC(=O)Cn1cnc2sc(C)c(C)c2c1=O. The molecule has 0 radical (unpaired) electrons. The molecule has 24 heavy (non-hydrogen) atoms. The normalized spacial score (nSPS) is 11.0. The zero-order valence-corrected chi connectivity index (χ0v) is 14.7.